The largest absolute Gasteiger partial charge is 0.368 e. The number of nitrogens with one attached hydrogen (secondary N) is 1. The van der Waals surface area contributed by atoms with Crippen molar-refractivity contribution in [3.8, 4) is 0 Å². The number of rotatable bonds is 6. The average molecular weight is 323 g/mol. The van der Waals surface area contributed by atoms with Crippen LogP contribution in [-0.4, -0.2) is 28.8 Å². The zero-order valence-electron chi connectivity index (χ0n) is 14.8. The Bertz CT molecular complexity index is 499. The molecule has 0 spiro atoms. The third-order valence-electron chi connectivity index (χ3n) is 4.76. The smallest absolute Gasteiger partial charge is 0.246 e. The number of hydrogen-bond donors (Lipinski definition) is 1. The molecule has 3 atom stereocenters. The highest BCUT2D eigenvalue weighted by molar-refractivity contribution is 5.78. The first-order valence-corrected chi connectivity index (χ1v) is 8.49. The average Bonchev–Trinajstić information content (AvgIpc) is 2.99. The van der Waals surface area contributed by atoms with Gasteiger partial charge in [0.2, 0.25) is 12.3 Å². The van der Waals surface area contributed by atoms with Gasteiger partial charge >= 0.3 is 0 Å². The first-order chi connectivity index (χ1) is 10.8. The predicted octanol–water partition coefficient (Wildman–Crippen LogP) is 2.90. The van der Waals surface area contributed by atoms with Crippen LogP contribution in [0.15, 0.2) is 10.9 Å². The van der Waals surface area contributed by atoms with E-state index in [1.807, 2.05) is 13.8 Å². The highest BCUT2D eigenvalue weighted by Gasteiger charge is 2.33. The van der Waals surface area contributed by atoms with Gasteiger partial charge in [0.05, 0.1) is 11.6 Å². The Hall–Kier alpha value is -1.43. The molecule has 3 unspecified atom stereocenters. The summed E-state index contributed by atoms with van der Waals surface area (Å²) in [7, 11) is 0. The second-order valence-corrected chi connectivity index (χ2v) is 7.60. The van der Waals surface area contributed by atoms with Crippen molar-refractivity contribution in [1.82, 2.24) is 15.5 Å². The number of amides is 1. The van der Waals surface area contributed by atoms with Crippen molar-refractivity contribution >= 4 is 5.91 Å². The fourth-order valence-electron chi connectivity index (χ4n) is 3.38. The van der Waals surface area contributed by atoms with Crippen LogP contribution in [0.3, 0.4) is 0 Å². The lowest BCUT2D eigenvalue weighted by molar-refractivity contribution is -0.133. The Balaban J connectivity index is 1.87. The summed E-state index contributed by atoms with van der Waals surface area (Å²) in [6, 6.07) is 0. The van der Waals surface area contributed by atoms with Crippen molar-refractivity contribution in [3.05, 3.63) is 12.2 Å². The van der Waals surface area contributed by atoms with Gasteiger partial charge in [-0.25, -0.2) is 0 Å². The van der Waals surface area contributed by atoms with Gasteiger partial charge in [-0.3, -0.25) is 4.79 Å². The van der Waals surface area contributed by atoms with Crippen LogP contribution in [0.1, 0.15) is 59.7 Å². The lowest BCUT2D eigenvalue weighted by Gasteiger charge is -2.37. The number of nitrogens with zero attached hydrogens (tertiary/aromatic N) is 2. The summed E-state index contributed by atoms with van der Waals surface area (Å²) in [6.07, 6.45) is 4.89. The molecule has 6 nitrogen and oxygen atoms in total. The minimum absolute atomic E-state index is 0.0713. The minimum Gasteiger partial charge on any atom is -0.368 e. The van der Waals surface area contributed by atoms with Gasteiger partial charge in [-0.1, -0.05) is 32.3 Å². The second kappa shape index (κ2) is 7.43. The summed E-state index contributed by atoms with van der Waals surface area (Å²) in [6.45, 7) is 10.5. The lowest BCUT2D eigenvalue weighted by Crippen LogP contribution is -2.45. The van der Waals surface area contributed by atoms with Crippen LogP contribution in [0.2, 0.25) is 0 Å². The molecule has 1 N–H and O–H groups in total. The van der Waals surface area contributed by atoms with Crippen LogP contribution in [0.5, 0.6) is 0 Å². The zero-order valence-corrected chi connectivity index (χ0v) is 14.8. The van der Waals surface area contributed by atoms with Crippen molar-refractivity contribution < 1.29 is 14.1 Å². The first kappa shape index (κ1) is 17.9. The van der Waals surface area contributed by atoms with Crippen LogP contribution in [-0.2, 0) is 15.1 Å². The SMILES string of the molecule is CC1CCC(C(C)C)C(OCC(=O)NC(C)(C)c2ncon2)C1. The molecule has 1 aliphatic rings. The molecule has 6 heteroatoms. The third kappa shape index (κ3) is 4.77. The molecule has 0 saturated heterocycles. The Labute approximate surface area is 138 Å². The molecule has 23 heavy (non-hydrogen) atoms. The monoisotopic (exact) mass is 323 g/mol. The van der Waals surface area contributed by atoms with Crippen LogP contribution in [0.25, 0.3) is 0 Å². The van der Waals surface area contributed by atoms with Crippen molar-refractivity contribution in [1.29, 1.82) is 0 Å². The summed E-state index contributed by atoms with van der Waals surface area (Å²) in [4.78, 5) is 16.2. The van der Waals surface area contributed by atoms with E-state index in [1.165, 1.54) is 19.2 Å². The summed E-state index contributed by atoms with van der Waals surface area (Å²) in [5.74, 6) is 2.07. The number of ether oxygens (including phenoxy) is 1. The topological polar surface area (TPSA) is 77.2 Å². The maximum atomic E-state index is 12.2. The van der Waals surface area contributed by atoms with Gasteiger partial charge in [0, 0.05) is 0 Å². The molecule has 1 aliphatic carbocycles. The Kier molecular flexibility index (Phi) is 5.79. The van der Waals surface area contributed by atoms with Gasteiger partial charge < -0.3 is 14.6 Å². The van der Waals surface area contributed by atoms with Gasteiger partial charge in [-0.05, 0) is 44.4 Å². The van der Waals surface area contributed by atoms with E-state index in [4.69, 9.17) is 9.26 Å². The molecule has 1 aromatic heterocycles. The molecular weight excluding hydrogens is 294 g/mol. The summed E-state index contributed by atoms with van der Waals surface area (Å²) in [5, 5.41) is 6.70. The molecule has 0 bridgehead atoms. The van der Waals surface area contributed by atoms with E-state index in [1.54, 1.807) is 0 Å². The molecule has 1 aromatic rings. The van der Waals surface area contributed by atoms with E-state index in [0.29, 0.717) is 23.6 Å². The molecular formula is C17H29N3O3. The van der Waals surface area contributed by atoms with E-state index in [2.05, 4.69) is 36.2 Å². The van der Waals surface area contributed by atoms with Gasteiger partial charge in [0.25, 0.3) is 0 Å². The number of carbonyl (C=O) groups excluding carboxylic acids is 1. The van der Waals surface area contributed by atoms with Gasteiger partial charge in [0.1, 0.15) is 6.61 Å². The van der Waals surface area contributed by atoms with Crippen LogP contribution in [0.4, 0.5) is 0 Å². The van der Waals surface area contributed by atoms with Gasteiger partial charge in [-0.15, -0.1) is 0 Å². The normalized spacial score (nSPS) is 25.6. The van der Waals surface area contributed by atoms with Gasteiger partial charge in [0.15, 0.2) is 5.82 Å². The summed E-state index contributed by atoms with van der Waals surface area (Å²) in [5.41, 5.74) is -0.676. The summed E-state index contributed by atoms with van der Waals surface area (Å²) >= 11 is 0. The maximum Gasteiger partial charge on any atom is 0.246 e. The first-order valence-electron chi connectivity index (χ1n) is 8.49. The van der Waals surface area contributed by atoms with E-state index in [9.17, 15) is 4.79 Å². The molecule has 0 aliphatic heterocycles. The second-order valence-electron chi connectivity index (χ2n) is 7.60. The number of hydrogen-bond acceptors (Lipinski definition) is 5. The molecule has 2 rings (SSSR count). The molecule has 1 fully saturated rings. The van der Waals surface area contributed by atoms with E-state index in [-0.39, 0.29) is 18.6 Å². The van der Waals surface area contributed by atoms with Crippen LogP contribution in [0, 0.1) is 17.8 Å². The Morgan fingerprint density at radius 3 is 2.83 bits per heavy atom. The van der Waals surface area contributed by atoms with Crippen molar-refractivity contribution in [3.63, 3.8) is 0 Å². The Morgan fingerprint density at radius 1 is 1.48 bits per heavy atom. The van der Waals surface area contributed by atoms with Gasteiger partial charge in [-0.2, -0.15) is 4.98 Å². The minimum atomic E-state index is -0.676. The zero-order chi connectivity index (χ0) is 17.0. The quantitative estimate of drug-likeness (QED) is 0.871. The Morgan fingerprint density at radius 2 is 2.22 bits per heavy atom. The van der Waals surface area contributed by atoms with Crippen molar-refractivity contribution in [2.75, 3.05) is 6.61 Å². The fraction of sp³-hybridized carbons (Fsp3) is 0.824. The summed E-state index contributed by atoms with van der Waals surface area (Å²) < 4.78 is 10.7. The molecule has 1 saturated carbocycles. The van der Waals surface area contributed by atoms with Crippen LogP contribution < -0.4 is 5.32 Å². The fourth-order valence-corrected chi connectivity index (χ4v) is 3.38. The van der Waals surface area contributed by atoms with E-state index >= 15 is 0 Å². The predicted molar refractivity (Wildman–Crippen MR) is 86.5 cm³/mol. The molecule has 130 valence electrons. The highest BCUT2D eigenvalue weighted by atomic mass is 16.5. The highest BCUT2D eigenvalue weighted by Crippen LogP contribution is 2.35. The lowest BCUT2D eigenvalue weighted by atomic mass is 9.75. The number of aromatic nitrogens is 2. The third-order valence-corrected chi connectivity index (χ3v) is 4.76. The number of carbonyl (C=O) groups is 1. The maximum absolute atomic E-state index is 12.2. The molecule has 1 amide bonds. The van der Waals surface area contributed by atoms with Crippen molar-refractivity contribution in [2.45, 2.75) is 65.5 Å². The van der Waals surface area contributed by atoms with E-state index < -0.39 is 5.54 Å². The molecule has 0 radical (unpaired) electrons. The standard InChI is InChI=1S/C17H29N3O3/c1-11(2)13-7-6-12(3)8-14(13)22-9-15(21)19-17(4,5)16-18-10-23-20-16/h10-14H,6-9H2,1-5H3,(H,19,21). The van der Waals surface area contributed by atoms with E-state index in [0.717, 1.165) is 6.42 Å². The van der Waals surface area contributed by atoms with Crippen molar-refractivity contribution in [2.24, 2.45) is 17.8 Å². The van der Waals surface area contributed by atoms with Crippen LogP contribution >= 0.6 is 0 Å². The molecule has 1 heterocycles. The molecule has 0 aromatic carbocycles.